The Morgan fingerprint density at radius 2 is 2.11 bits per heavy atom. The first kappa shape index (κ1) is 11.2. The van der Waals surface area contributed by atoms with Crippen molar-refractivity contribution in [3.05, 3.63) is 59.1 Å². The summed E-state index contributed by atoms with van der Waals surface area (Å²) in [6.07, 6.45) is 3.47. The van der Waals surface area contributed by atoms with Gasteiger partial charge in [-0.2, -0.15) is 0 Å². The number of nitrogens with zero attached hydrogens (tertiary/aromatic N) is 2. The first-order valence-corrected chi connectivity index (χ1v) is 6.08. The van der Waals surface area contributed by atoms with Crippen LogP contribution < -0.4 is 4.74 Å². The van der Waals surface area contributed by atoms with Crippen LogP contribution in [0.25, 0.3) is 5.65 Å². The van der Waals surface area contributed by atoms with Gasteiger partial charge >= 0.3 is 0 Å². The van der Waals surface area contributed by atoms with Gasteiger partial charge in [-0.25, -0.2) is 9.37 Å². The lowest BCUT2D eigenvalue weighted by Gasteiger charge is -2.09. The molecule has 0 amide bonds. The summed E-state index contributed by atoms with van der Waals surface area (Å²) in [6, 6.07) is 9.82. The molecule has 0 aliphatic carbocycles. The minimum Gasteiger partial charge on any atom is -0.439 e. The molecule has 0 aliphatic heterocycles. The first-order chi connectivity index (χ1) is 8.74. The maximum Gasteiger partial charge on any atom is 0.205 e. The minimum atomic E-state index is -0.342. The monoisotopic (exact) mass is 306 g/mol. The molecule has 2 heterocycles. The van der Waals surface area contributed by atoms with E-state index in [2.05, 4.69) is 20.9 Å². The Kier molecular flexibility index (Phi) is 2.76. The summed E-state index contributed by atoms with van der Waals surface area (Å²) in [5.74, 6) is 0.665. The molecule has 0 spiro atoms. The molecule has 0 atom stereocenters. The number of imidazole rings is 1. The van der Waals surface area contributed by atoms with E-state index in [4.69, 9.17) is 4.74 Å². The van der Waals surface area contributed by atoms with Gasteiger partial charge in [-0.3, -0.25) is 4.40 Å². The summed E-state index contributed by atoms with van der Waals surface area (Å²) in [6.45, 7) is 0. The van der Waals surface area contributed by atoms with Crippen LogP contribution in [-0.2, 0) is 0 Å². The lowest BCUT2D eigenvalue weighted by Crippen LogP contribution is -1.93. The number of pyridine rings is 1. The molecule has 0 N–H and O–H groups in total. The summed E-state index contributed by atoms with van der Waals surface area (Å²) in [7, 11) is 0. The molecule has 0 unspecified atom stereocenters. The van der Waals surface area contributed by atoms with E-state index in [-0.39, 0.29) is 5.82 Å². The van der Waals surface area contributed by atoms with Crippen molar-refractivity contribution in [1.82, 2.24) is 9.38 Å². The Bertz CT molecular complexity index is 711. The number of fused-ring (bicyclic) bond motifs is 1. The predicted octanol–water partition coefficient (Wildman–Crippen LogP) is 4.03. The van der Waals surface area contributed by atoms with Crippen LogP contribution >= 0.6 is 15.9 Å². The van der Waals surface area contributed by atoms with Gasteiger partial charge in [0.15, 0.2) is 0 Å². The Morgan fingerprint density at radius 1 is 1.22 bits per heavy atom. The van der Waals surface area contributed by atoms with E-state index >= 15 is 0 Å². The van der Waals surface area contributed by atoms with Gasteiger partial charge in [-0.1, -0.05) is 6.07 Å². The molecule has 0 radical (unpaired) electrons. The standard InChI is InChI=1S/C13H8BrFN2O/c14-10-5-4-9(15)8-11(10)18-13-3-1-2-12-16-6-7-17(12)13/h1-8H. The topological polar surface area (TPSA) is 26.5 Å². The predicted molar refractivity (Wildman–Crippen MR) is 69.4 cm³/mol. The van der Waals surface area contributed by atoms with Crippen molar-refractivity contribution < 1.29 is 9.13 Å². The molecule has 2 aromatic heterocycles. The zero-order valence-electron chi connectivity index (χ0n) is 9.18. The molecule has 0 bridgehead atoms. The third-order valence-electron chi connectivity index (χ3n) is 2.50. The van der Waals surface area contributed by atoms with Gasteiger partial charge in [0.2, 0.25) is 5.88 Å². The fourth-order valence-electron chi connectivity index (χ4n) is 1.67. The average Bonchev–Trinajstić information content (AvgIpc) is 2.83. The number of halogens is 2. The zero-order valence-corrected chi connectivity index (χ0v) is 10.8. The molecule has 18 heavy (non-hydrogen) atoms. The summed E-state index contributed by atoms with van der Waals surface area (Å²) in [5, 5.41) is 0. The highest BCUT2D eigenvalue weighted by Gasteiger charge is 2.07. The smallest absolute Gasteiger partial charge is 0.205 e. The molecular weight excluding hydrogens is 299 g/mol. The van der Waals surface area contributed by atoms with Gasteiger partial charge in [-0.05, 0) is 40.2 Å². The van der Waals surface area contributed by atoms with Gasteiger partial charge in [0, 0.05) is 18.5 Å². The summed E-state index contributed by atoms with van der Waals surface area (Å²) < 4.78 is 21.4. The molecule has 1 aromatic carbocycles. The fraction of sp³-hybridized carbons (Fsp3) is 0. The van der Waals surface area contributed by atoms with E-state index in [1.807, 2.05) is 12.1 Å². The third-order valence-corrected chi connectivity index (χ3v) is 3.15. The Morgan fingerprint density at radius 3 is 3.00 bits per heavy atom. The molecule has 0 saturated carbocycles. The number of hydrogen-bond acceptors (Lipinski definition) is 2. The van der Waals surface area contributed by atoms with E-state index in [9.17, 15) is 4.39 Å². The Labute approximate surface area is 111 Å². The Hall–Kier alpha value is -1.88. The number of aromatic nitrogens is 2. The lowest BCUT2D eigenvalue weighted by atomic mass is 10.3. The quantitative estimate of drug-likeness (QED) is 0.714. The van der Waals surface area contributed by atoms with Crippen LogP contribution in [0.4, 0.5) is 4.39 Å². The van der Waals surface area contributed by atoms with Crippen LogP contribution in [0.2, 0.25) is 0 Å². The van der Waals surface area contributed by atoms with Crippen molar-refractivity contribution in [3.63, 3.8) is 0 Å². The van der Waals surface area contributed by atoms with Crippen LogP contribution in [0.1, 0.15) is 0 Å². The molecular formula is C13H8BrFN2O. The summed E-state index contributed by atoms with van der Waals surface area (Å²) in [5.41, 5.74) is 0.778. The van der Waals surface area contributed by atoms with E-state index in [0.29, 0.717) is 16.1 Å². The van der Waals surface area contributed by atoms with Crippen LogP contribution in [-0.4, -0.2) is 9.38 Å². The van der Waals surface area contributed by atoms with Crippen molar-refractivity contribution in [2.45, 2.75) is 0 Å². The van der Waals surface area contributed by atoms with E-state index in [1.165, 1.54) is 12.1 Å². The van der Waals surface area contributed by atoms with Crippen molar-refractivity contribution >= 4 is 21.6 Å². The van der Waals surface area contributed by atoms with Gasteiger partial charge in [0.25, 0.3) is 0 Å². The third kappa shape index (κ3) is 1.97. The molecule has 90 valence electrons. The number of benzene rings is 1. The van der Waals surface area contributed by atoms with Crippen molar-refractivity contribution in [1.29, 1.82) is 0 Å². The summed E-state index contributed by atoms with van der Waals surface area (Å²) >= 11 is 3.33. The fourth-order valence-corrected chi connectivity index (χ4v) is 2.00. The number of hydrogen-bond donors (Lipinski definition) is 0. The van der Waals surface area contributed by atoms with Gasteiger partial charge in [0.1, 0.15) is 17.2 Å². The van der Waals surface area contributed by atoms with Crippen LogP contribution in [0.5, 0.6) is 11.6 Å². The number of ether oxygens (including phenoxy) is 1. The minimum absolute atomic E-state index is 0.342. The zero-order chi connectivity index (χ0) is 12.5. The SMILES string of the molecule is Fc1ccc(Br)c(Oc2cccc3nccn23)c1. The van der Waals surface area contributed by atoms with Crippen LogP contribution in [0.15, 0.2) is 53.3 Å². The molecule has 0 aliphatic rings. The maximum absolute atomic E-state index is 13.2. The molecule has 3 nitrogen and oxygen atoms in total. The molecule has 3 aromatic rings. The second-order valence-electron chi connectivity index (χ2n) is 3.70. The highest BCUT2D eigenvalue weighted by atomic mass is 79.9. The Balaban J connectivity index is 2.06. The van der Waals surface area contributed by atoms with Gasteiger partial charge in [0.05, 0.1) is 4.47 Å². The lowest BCUT2D eigenvalue weighted by molar-refractivity contribution is 0.449. The van der Waals surface area contributed by atoms with Gasteiger partial charge < -0.3 is 4.74 Å². The van der Waals surface area contributed by atoms with E-state index < -0.39 is 0 Å². The highest BCUT2D eigenvalue weighted by Crippen LogP contribution is 2.30. The van der Waals surface area contributed by atoms with E-state index in [1.54, 1.807) is 28.9 Å². The molecule has 0 fully saturated rings. The van der Waals surface area contributed by atoms with Crippen molar-refractivity contribution in [3.8, 4) is 11.6 Å². The first-order valence-electron chi connectivity index (χ1n) is 5.29. The van der Waals surface area contributed by atoms with Crippen molar-refractivity contribution in [2.75, 3.05) is 0 Å². The van der Waals surface area contributed by atoms with Crippen LogP contribution in [0, 0.1) is 5.82 Å². The second-order valence-corrected chi connectivity index (χ2v) is 4.55. The largest absolute Gasteiger partial charge is 0.439 e. The summed E-state index contributed by atoms with van der Waals surface area (Å²) in [4.78, 5) is 4.16. The van der Waals surface area contributed by atoms with Crippen molar-refractivity contribution in [2.24, 2.45) is 0 Å². The average molecular weight is 307 g/mol. The highest BCUT2D eigenvalue weighted by molar-refractivity contribution is 9.10. The van der Waals surface area contributed by atoms with Gasteiger partial charge in [-0.15, -0.1) is 0 Å². The molecule has 0 saturated heterocycles. The molecule has 3 rings (SSSR count). The van der Waals surface area contributed by atoms with E-state index in [0.717, 1.165) is 5.65 Å². The second kappa shape index (κ2) is 4.42. The maximum atomic E-state index is 13.2. The molecule has 5 heteroatoms. The number of rotatable bonds is 2. The van der Waals surface area contributed by atoms with Crippen LogP contribution in [0.3, 0.4) is 0 Å². The normalized spacial score (nSPS) is 10.8.